The number of ketones is 1. The second-order valence-electron chi connectivity index (χ2n) is 11.5. The van der Waals surface area contributed by atoms with Crippen LogP contribution in [0.1, 0.15) is 86.5 Å². The zero-order chi connectivity index (χ0) is 22.7. The Labute approximate surface area is 187 Å². The van der Waals surface area contributed by atoms with Gasteiger partial charge in [-0.05, 0) is 72.5 Å². The van der Waals surface area contributed by atoms with E-state index >= 15 is 0 Å². The van der Waals surface area contributed by atoms with Crippen LogP contribution < -0.4 is 0 Å². The third-order valence-electron chi connectivity index (χ3n) is 10.3. The van der Waals surface area contributed by atoms with E-state index in [0.29, 0.717) is 36.0 Å². The number of esters is 2. The molecule has 4 saturated carbocycles. The van der Waals surface area contributed by atoms with Gasteiger partial charge in [-0.1, -0.05) is 34.1 Å². The van der Waals surface area contributed by atoms with Crippen molar-refractivity contribution >= 4 is 17.7 Å². The highest BCUT2D eigenvalue weighted by molar-refractivity contribution is 5.86. The maximum atomic E-state index is 12.9. The van der Waals surface area contributed by atoms with E-state index in [9.17, 15) is 14.4 Å². The predicted molar refractivity (Wildman–Crippen MR) is 117 cm³/mol. The van der Waals surface area contributed by atoms with E-state index in [1.54, 1.807) is 0 Å². The van der Waals surface area contributed by atoms with Crippen LogP contribution in [-0.4, -0.2) is 29.9 Å². The van der Waals surface area contributed by atoms with Gasteiger partial charge in [0, 0.05) is 26.2 Å². The average molecular weight is 433 g/mol. The molecule has 0 bridgehead atoms. The summed E-state index contributed by atoms with van der Waals surface area (Å²) in [5, 5.41) is 0. The number of hydrogen-bond acceptors (Lipinski definition) is 5. The normalized spacial score (nSPS) is 48.9. The van der Waals surface area contributed by atoms with E-state index in [-0.39, 0.29) is 41.1 Å². The zero-order valence-electron chi connectivity index (χ0n) is 20.1. The van der Waals surface area contributed by atoms with Crippen molar-refractivity contribution in [1.82, 2.24) is 0 Å². The van der Waals surface area contributed by atoms with Crippen LogP contribution in [0, 0.1) is 46.3 Å². The van der Waals surface area contributed by atoms with Crippen LogP contribution >= 0.6 is 0 Å². The quantitative estimate of drug-likeness (QED) is 0.590. The molecule has 4 aliphatic rings. The molecular weight excluding hydrogens is 392 g/mol. The van der Waals surface area contributed by atoms with Gasteiger partial charge in [-0.3, -0.25) is 14.4 Å². The van der Waals surface area contributed by atoms with Gasteiger partial charge in [0.05, 0.1) is 0 Å². The Morgan fingerprint density at radius 1 is 0.968 bits per heavy atom. The lowest BCUT2D eigenvalue weighted by Gasteiger charge is -2.64. The summed E-state index contributed by atoms with van der Waals surface area (Å²) in [4.78, 5) is 36.7. The highest BCUT2D eigenvalue weighted by atomic mass is 16.5. The van der Waals surface area contributed by atoms with Crippen LogP contribution in [0.2, 0.25) is 0 Å². The molecule has 0 aromatic rings. The monoisotopic (exact) mass is 432 g/mol. The molecule has 0 heterocycles. The lowest BCUT2D eigenvalue weighted by Crippen LogP contribution is -2.63. The summed E-state index contributed by atoms with van der Waals surface area (Å²) in [6.07, 6.45) is 6.24. The molecule has 4 fully saturated rings. The lowest BCUT2D eigenvalue weighted by atomic mass is 9.42. The van der Waals surface area contributed by atoms with Crippen molar-refractivity contribution in [1.29, 1.82) is 0 Å². The maximum Gasteiger partial charge on any atom is 0.303 e. The Balaban J connectivity index is 1.74. The fraction of sp³-hybridized carbons (Fsp3) is 0.885. The van der Waals surface area contributed by atoms with Gasteiger partial charge < -0.3 is 9.47 Å². The molecule has 0 aromatic carbocycles. The molecule has 5 heteroatoms. The van der Waals surface area contributed by atoms with E-state index in [4.69, 9.17) is 9.47 Å². The maximum absolute atomic E-state index is 12.9. The minimum absolute atomic E-state index is 0.0251. The van der Waals surface area contributed by atoms with Gasteiger partial charge in [0.25, 0.3) is 0 Å². The fourth-order valence-electron chi connectivity index (χ4n) is 8.93. The van der Waals surface area contributed by atoms with Crippen LogP contribution in [0.5, 0.6) is 0 Å². The van der Waals surface area contributed by atoms with Crippen LogP contribution in [0.25, 0.3) is 0 Å². The van der Waals surface area contributed by atoms with Crippen LogP contribution in [0.3, 0.4) is 0 Å². The number of fused-ring (bicyclic) bond motifs is 5. The molecule has 4 rings (SSSR count). The summed E-state index contributed by atoms with van der Waals surface area (Å²) in [7, 11) is 0. The number of carbonyl (C=O) groups excluding carboxylic acids is 3. The molecule has 0 saturated heterocycles. The van der Waals surface area contributed by atoms with Gasteiger partial charge in [-0.25, -0.2) is 0 Å². The van der Waals surface area contributed by atoms with Crippen molar-refractivity contribution in [3.05, 3.63) is 0 Å². The van der Waals surface area contributed by atoms with Gasteiger partial charge >= 0.3 is 11.9 Å². The smallest absolute Gasteiger partial charge is 0.303 e. The summed E-state index contributed by atoms with van der Waals surface area (Å²) in [5.74, 6) is 1.71. The third kappa shape index (κ3) is 3.45. The molecule has 31 heavy (non-hydrogen) atoms. The summed E-state index contributed by atoms with van der Waals surface area (Å²) >= 11 is 0. The largest absolute Gasteiger partial charge is 0.462 e. The van der Waals surface area contributed by atoms with Crippen molar-refractivity contribution in [2.24, 2.45) is 46.3 Å². The summed E-state index contributed by atoms with van der Waals surface area (Å²) in [5.41, 5.74) is 0.220. The SMILES string of the molecule is CC[C@H]1CCC2C3C(OC(C)=O)[C@H](C)C4CC(=O)[C@H](OC(C)=O)C[C@]4(C)C3CC[C@@]21C. The standard InChI is InChI=1S/C26H40O5/c1-7-17-8-9-18-23-19(10-11-25(17,18)5)26(6)13-22(30-15(3)27)21(29)12-20(26)14(2)24(23)31-16(4)28/h14,17-20,22-24H,7-13H2,1-6H3/t14-,17+,18?,19?,20?,22-,23?,24?,25-,26-/m1/s1. The molecule has 0 amide bonds. The van der Waals surface area contributed by atoms with Crippen molar-refractivity contribution in [3.8, 4) is 0 Å². The Morgan fingerprint density at radius 2 is 1.61 bits per heavy atom. The van der Waals surface area contributed by atoms with Crippen LogP contribution in [-0.2, 0) is 23.9 Å². The van der Waals surface area contributed by atoms with Gasteiger partial charge in [0.1, 0.15) is 6.10 Å². The molecule has 0 N–H and O–H groups in total. The number of rotatable bonds is 3. The Bertz CT molecular complexity index is 761. The van der Waals surface area contributed by atoms with Crippen LogP contribution in [0.15, 0.2) is 0 Å². The molecule has 5 nitrogen and oxygen atoms in total. The zero-order valence-corrected chi connectivity index (χ0v) is 20.1. The van der Waals surface area contributed by atoms with Gasteiger partial charge in [0.15, 0.2) is 11.9 Å². The second-order valence-corrected chi connectivity index (χ2v) is 11.5. The van der Waals surface area contributed by atoms with Crippen LogP contribution in [0.4, 0.5) is 0 Å². The molecule has 174 valence electrons. The third-order valence-corrected chi connectivity index (χ3v) is 10.3. The first-order valence-electron chi connectivity index (χ1n) is 12.4. The first-order chi connectivity index (χ1) is 14.5. The number of carbonyl (C=O) groups is 3. The molecule has 0 aromatic heterocycles. The summed E-state index contributed by atoms with van der Waals surface area (Å²) in [6.45, 7) is 12.2. The molecule has 4 aliphatic carbocycles. The molecule has 0 aliphatic heterocycles. The van der Waals surface area contributed by atoms with Gasteiger partial charge in [-0.15, -0.1) is 0 Å². The number of hydrogen-bond donors (Lipinski definition) is 0. The lowest BCUT2D eigenvalue weighted by molar-refractivity contribution is -0.215. The topological polar surface area (TPSA) is 69.7 Å². The predicted octanol–water partition coefficient (Wildman–Crippen LogP) is 4.95. The molecule has 0 radical (unpaired) electrons. The van der Waals surface area contributed by atoms with Crippen molar-refractivity contribution in [3.63, 3.8) is 0 Å². The molecule has 10 atom stereocenters. The Hall–Kier alpha value is -1.39. The minimum atomic E-state index is -0.628. The minimum Gasteiger partial charge on any atom is -0.462 e. The van der Waals surface area contributed by atoms with Gasteiger partial charge in [-0.2, -0.15) is 0 Å². The molecule has 5 unspecified atom stereocenters. The number of Topliss-reactive ketones (excluding diaryl/α,β-unsaturated/α-hetero) is 1. The second kappa shape index (κ2) is 7.88. The summed E-state index contributed by atoms with van der Waals surface area (Å²) < 4.78 is 11.6. The molecule has 0 spiro atoms. The fourth-order valence-corrected chi connectivity index (χ4v) is 8.93. The van der Waals surface area contributed by atoms with Crippen molar-refractivity contribution in [2.75, 3.05) is 0 Å². The van der Waals surface area contributed by atoms with E-state index < -0.39 is 6.10 Å². The highest BCUT2D eigenvalue weighted by Crippen LogP contribution is 2.69. The Kier molecular flexibility index (Phi) is 5.79. The highest BCUT2D eigenvalue weighted by Gasteiger charge is 2.66. The molecular formula is C26H40O5. The first kappa shape index (κ1) is 22.8. The van der Waals surface area contributed by atoms with E-state index in [1.807, 2.05) is 0 Å². The average Bonchev–Trinajstić information content (AvgIpc) is 3.02. The van der Waals surface area contributed by atoms with Gasteiger partial charge in [0.2, 0.25) is 0 Å². The van der Waals surface area contributed by atoms with E-state index in [2.05, 4.69) is 27.7 Å². The van der Waals surface area contributed by atoms with Crippen molar-refractivity contribution in [2.45, 2.75) is 98.7 Å². The van der Waals surface area contributed by atoms with E-state index in [1.165, 1.54) is 39.5 Å². The van der Waals surface area contributed by atoms with Crippen molar-refractivity contribution < 1.29 is 23.9 Å². The van der Waals surface area contributed by atoms with E-state index in [0.717, 1.165) is 12.3 Å². The summed E-state index contributed by atoms with van der Waals surface area (Å²) in [6, 6.07) is 0. The Morgan fingerprint density at radius 3 is 2.23 bits per heavy atom. The first-order valence-corrected chi connectivity index (χ1v) is 12.4. The number of ether oxygens (including phenoxy) is 2.